The summed E-state index contributed by atoms with van der Waals surface area (Å²) in [6.45, 7) is 0. The molecule has 0 fully saturated rings. The lowest BCUT2D eigenvalue weighted by atomic mass is 10.2. The number of hydrogen-bond acceptors (Lipinski definition) is 8. The van der Waals surface area contributed by atoms with Gasteiger partial charge in [-0.3, -0.25) is 9.71 Å². The average Bonchev–Trinajstić information content (AvgIpc) is 2.93. The molecule has 0 bridgehead atoms. The Kier molecular flexibility index (Phi) is 8.00. The van der Waals surface area contributed by atoms with Crippen LogP contribution in [-0.2, 0) is 16.2 Å². The first-order valence-corrected chi connectivity index (χ1v) is 12.7. The predicted molar refractivity (Wildman–Crippen MR) is 138 cm³/mol. The highest BCUT2D eigenvalue weighted by atomic mass is 32.2. The zero-order valence-corrected chi connectivity index (χ0v) is 21.3. The van der Waals surface area contributed by atoms with Gasteiger partial charge in [0.2, 0.25) is 5.75 Å². The Morgan fingerprint density at radius 2 is 1.56 bits per heavy atom. The van der Waals surface area contributed by atoms with Crippen molar-refractivity contribution in [2.75, 3.05) is 18.9 Å². The molecule has 0 unspecified atom stereocenters. The molecule has 0 saturated heterocycles. The van der Waals surface area contributed by atoms with Gasteiger partial charge in [-0.15, -0.1) is 0 Å². The summed E-state index contributed by atoms with van der Waals surface area (Å²) in [4.78, 5) is 11.9. The van der Waals surface area contributed by atoms with Crippen molar-refractivity contribution in [3.05, 3.63) is 89.6 Å². The maximum absolute atomic E-state index is 13.0. The Labute approximate surface area is 222 Å². The van der Waals surface area contributed by atoms with E-state index in [1.54, 1.807) is 54.6 Å². The number of rotatable bonds is 9. The summed E-state index contributed by atoms with van der Waals surface area (Å²) in [5, 5.41) is 0.934. The second-order valence-electron chi connectivity index (χ2n) is 7.78. The van der Waals surface area contributed by atoms with Crippen molar-refractivity contribution in [2.24, 2.45) is 0 Å². The van der Waals surface area contributed by atoms with Crippen LogP contribution in [0.15, 0.2) is 78.3 Å². The average molecular weight is 559 g/mol. The smallest absolute Gasteiger partial charge is 0.433 e. The molecule has 0 saturated carbocycles. The molecule has 0 atom stereocenters. The maximum atomic E-state index is 13.0. The SMILES string of the molecule is COc1ccccc1Oc1c(NS(=O)(=O)/C=C/c2ccccc2)nc(-c2ccc(C(F)(F)F)nc2)nc1OC. The molecule has 0 aliphatic heterocycles. The fourth-order valence-electron chi connectivity index (χ4n) is 3.27. The van der Waals surface area contributed by atoms with Crippen molar-refractivity contribution in [3.8, 4) is 34.5 Å². The van der Waals surface area contributed by atoms with Gasteiger partial charge in [-0.25, -0.2) is 13.4 Å². The summed E-state index contributed by atoms with van der Waals surface area (Å²) in [5.41, 5.74) is -0.406. The molecular weight excluding hydrogens is 537 g/mol. The van der Waals surface area contributed by atoms with E-state index in [1.165, 1.54) is 20.3 Å². The number of pyridine rings is 1. The molecule has 0 aliphatic carbocycles. The summed E-state index contributed by atoms with van der Waals surface area (Å²) in [5.74, 6) is -0.372. The molecule has 4 aromatic rings. The van der Waals surface area contributed by atoms with Gasteiger partial charge in [0, 0.05) is 11.8 Å². The highest BCUT2D eigenvalue weighted by Crippen LogP contribution is 2.41. The highest BCUT2D eigenvalue weighted by Gasteiger charge is 2.32. The quantitative estimate of drug-likeness (QED) is 0.275. The minimum Gasteiger partial charge on any atom is -0.493 e. The number of aromatic nitrogens is 3. The van der Waals surface area contributed by atoms with E-state index in [0.717, 1.165) is 23.7 Å². The van der Waals surface area contributed by atoms with E-state index in [4.69, 9.17) is 14.2 Å². The van der Waals surface area contributed by atoms with Crippen molar-refractivity contribution >= 4 is 21.9 Å². The molecule has 2 aromatic carbocycles. The van der Waals surface area contributed by atoms with Gasteiger partial charge in [-0.1, -0.05) is 42.5 Å². The van der Waals surface area contributed by atoms with E-state index in [0.29, 0.717) is 11.3 Å². The normalized spacial score (nSPS) is 11.8. The molecule has 2 aromatic heterocycles. The Bertz CT molecular complexity index is 1580. The number of anilines is 1. The van der Waals surface area contributed by atoms with Gasteiger partial charge in [0.15, 0.2) is 23.1 Å². The van der Waals surface area contributed by atoms with Crippen LogP contribution in [0.2, 0.25) is 0 Å². The largest absolute Gasteiger partial charge is 0.493 e. The molecule has 2 heterocycles. The van der Waals surface area contributed by atoms with Gasteiger partial charge in [-0.05, 0) is 35.9 Å². The number of methoxy groups -OCH3 is 2. The Balaban J connectivity index is 1.80. The maximum Gasteiger partial charge on any atom is 0.433 e. The first-order valence-electron chi connectivity index (χ1n) is 11.2. The number of halogens is 3. The lowest BCUT2D eigenvalue weighted by Gasteiger charge is -2.17. The van der Waals surface area contributed by atoms with Crippen molar-refractivity contribution in [1.29, 1.82) is 0 Å². The van der Waals surface area contributed by atoms with Gasteiger partial charge in [-0.2, -0.15) is 18.2 Å². The fourth-order valence-corrected chi connectivity index (χ4v) is 4.08. The Hall–Kier alpha value is -4.65. The molecule has 4 rings (SSSR count). The number of sulfonamides is 1. The number of hydrogen-bond donors (Lipinski definition) is 1. The third kappa shape index (κ3) is 6.82. The van der Waals surface area contributed by atoms with Crippen molar-refractivity contribution in [2.45, 2.75) is 6.18 Å². The van der Waals surface area contributed by atoms with Crippen molar-refractivity contribution in [3.63, 3.8) is 0 Å². The molecule has 13 heteroatoms. The zero-order chi connectivity index (χ0) is 28.0. The monoisotopic (exact) mass is 558 g/mol. The van der Waals surface area contributed by atoms with E-state index in [2.05, 4.69) is 19.7 Å². The molecule has 0 radical (unpaired) electrons. The van der Waals surface area contributed by atoms with Crippen LogP contribution in [0.1, 0.15) is 11.3 Å². The third-order valence-corrected chi connectivity index (χ3v) is 6.07. The van der Waals surface area contributed by atoms with E-state index in [9.17, 15) is 21.6 Å². The van der Waals surface area contributed by atoms with E-state index in [-0.39, 0.29) is 34.6 Å². The first-order chi connectivity index (χ1) is 18.6. The van der Waals surface area contributed by atoms with Crippen LogP contribution in [0, 0.1) is 0 Å². The molecule has 0 spiro atoms. The van der Waals surface area contributed by atoms with Gasteiger partial charge in [0.25, 0.3) is 15.9 Å². The molecular formula is C26H21F3N4O5S. The van der Waals surface area contributed by atoms with Crippen molar-refractivity contribution in [1.82, 2.24) is 15.0 Å². The molecule has 202 valence electrons. The van der Waals surface area contributed by atoms with E-state index >= 15 is 0 Å². The van der Waals surface area contributed by atoms with Gasteiger partial charge >= 0.3 is 6.18 Å². The molecule has 0 amide bonds. The Morgan fingerprint density at radius 1 is 0.872 bits per heavy atom. The van der Waals surface area contributed by atoms with Gasteiger partial charge in [0.1, 0.15) is 5.69 Å². The van der Waals surface area contributed by atoms with Gasteiger partial charge < -0.3 is 14.2 Å². The number of ether oxygens (including phenoxy) is 3. The molecule has 9 nitrogen and oxygen atoms in total. The van der Waals surface area contributed by atoms with Crippen LogP contribution >= 0.6 is 0 Å². The summed E-state index contributed by atoms with van der Waals surface area (Å²) in [6, 6.07) is 17.1. The first kappa shape index (κ1) is 27.4. The van der Waals surface area contributed by atoms with Crippen LogP contribution in [0.3, 0.4) is 0 Å². The van der Waals surface area contributed by atoms with Gasteiger partial charge in [0.05, 0.1) is 19.6 Å². The predicted octanol–water partition coefficient (Wildman–Crippen LogP) is 5.78. The van der Waals surface area contributed by atoms with Crippen LogP contribution in [-0.4, -0.2) is 37.6 Å². The third-order valence-electron chi connectivity index (χ3n) is 5.10. The number of alkyl halides is 3. The Morgan fingerprint density at radius 3 is 2.18 bits per heavy atom. The van der Waals surface area contributed by atoms with Crippen LogP contribution < -0.4 is 18.9 Å². The lowest BCUT2D eigenvalue weighted by molar-refractivity contribution is -0.141. The number of nitrogens with zero attached hydrogens (tertiary/aromatic N) is 3. The molecule has 1 N–H and O–H groups in total. The minimum atomic E-state index is -4.64. The second-order valence-corrected chi connectivity index (χ2v) is 9.34. The molecule has 39 heavy (non-hydrogen) atoms. The summed E-state index contributed by atoms with van der Waals surface area (Å²) < 4.78 is 83.8. The second kappa shape index (κ2) is 11.4. The zero-order valence-electron chi connectivity index (χ0n) is 20.5. The van der Waals surface area contributed by atoms with E-state index in [1.807, 2.05) is 0 Å². The summed E-state index contributed by atoms with van der Waals surface area (Å²) in [6.07, 6.45) is -2.34. The summed E-state index contributed by atoms with van der Waals surface area (Å²) >= 11 is 0. The number of nitrogens with one attached hydrogen (secondary N) is 1. The molecule has 0 aliphatic rings. The fraction of sp³-hybridized carbons (Fsp3) is 0.115. The highest BCUT2D eigenvalue weighted by molar-refractivity contribution is 7.95. The topological polar surface area (TPSA) is 113 Å². The number of benzene rings is 2. The van der Waals surface area contributed by atoms with Crippen LogP contribution in [0.25, 0.3) is 17.5 Å². The lowest BCUT2D eigenvalue weighted by Crippen LogP contribution is -2.13. The van der Waals surface area contributed by atoms with Crippen molar-refractivity contribution < 1.29 is 35.8 Å². The minimum absolute atomic E-state index is 0.0745. The van der Waals surface area contributed by atoms with E-state index < -0.39 is 21.9 Å². The number of para-hydroxylation sites is 2. The summed E-state index contributed by atoms with van der Waals surface area (Å²) in [7, 11) is -1.48. The standard InChI is InChI=1S/C26H21F3N4O5S/c1-36-19-10-6-7-11-20(19)38-22-24(33-39(34,35)15-14-17-8-4-3-5-9-17)31-23(32-25(22)37-2)18-12-13-21(30-16-18)26(27,28)29/h3-16H,1-2H3,(H,31,32,33)/b15-14+. The van der Waals surface area contributed by atoms with Crippen LogP contribution in [0.5, 0.6) is 23.1 Å². The van der Waals surface area contributed by atoms with Crippen LogP contribution in [0.4, 0.5) is 19.0 Å².